The first-order chi connectivity index (χ1) is 15.5. The minimum atomic E-state index is -4.83. The predicted molar refractivity (Wildman–Crippen MR) is 117 cm³/mol. The molecule has 2 amide bonds. The van der Waals surface area contributed by atoms with E-state index in [0.29, 0.717) is 38.3 Å². The molecule has 2 fully saturated rings. The van der Waals surface area contributed by atoms with Crippen LogP contribution in [0, 0.1) is 0 Å². The molecule has 0 radical (unpaired) electrons. The van der Waals surface area contributed by atoms with Gasteiger partial charge in [-0.15, -0.1) is 11.3 Å². The van der Waals surface area contributed by atoms with Crippen molar-refractivity contribution in [2.45, 2.75) is 74.7 Å². The van der Waals surface area contributed by atoms with Crippen LogP contribution in [0.3, 0.4) is 0 Å². The number of carbonyl (C=O) groups is 2. The molecule has 4 rings (SSSR count). The maximum atomic E-state index is 13.3. The SMILES string of the molecule is C[C@](O)(c1ccc(C(=O)N(C2CC2)C2CCC(C(N)=O)(c3cscn3)CC2)cc1)C(F)(F)F. The second-order valence-electron chi connectivity index (χ2n) is 9.14. The molecule has 1 heterocycles. The molecule has 10 heteroatoms. The Balaban J connectivity index is 1.52. The Bertz CT molecular complexity index is 1010. The topological polar surface area (TPSA) is 96.5 Å². The van der Waals surface area contributed by atoms with Gasteiger partial charge in [-0.1, -0.05) is 12.1 Å². The Morgan fingerprint density at radius 1 is 1.12 bits per heavy atom. The zero-order chi connectivity index (χ0) is 24.0. The van der Waals surface area contributed by atoms with Gasteiger partial charge in [-0.3, -0.25) is 9.59 Å². The lowest BCUT2D eigenvalue weighted by Gasteiger charge is -2.41. The van der Waals surface area contributed by atoms with E-state index in [-0.39, 0.29) is 29.1 Å². The van der Waals surface area contributed by atoms with Crippen molar-refractivity contribution in [3.05, 3.63) is 52.0 Å². The minimum Gasteiger partial charge on any atom is -0.376 e. The summed E-state index contributed by atoms with van der Waals surface area (Å²) in [7, 11) is 0. The molecule has 2 aromatic rings. The number of alkyl halides is 3. The van der Waals surface area contributed by atoms with E-state index < -0.39 is 23.1 Å². The fourth-order valence-corrected chi connectivity index (χ4v) is 5.33. The lowest BCUT2D eigenvalue weighted by Crippen LogP contribution is -2.50. The third kappa shape index (κ3) is 4.26. The number of amides is 2. The Labute approximate surface area is 193 Å². The average Bonchev–Trinajstić information content (AvgIpc) is 3.44. The molecule has 1 aromatic carbocycles. The first-order valence-electron chi connectivity index (χ1n) is 10.9. The van der Waals surface area contributed by atoms with Crippen LogP contribution in [0.2, 0.25) is 0 Å². The molecule has 6 nitrogen and oxygen atoms in total. The van der Waals surface area contributed by atoms with E-state index in [9.17, 15) is 27.9 Å². The molecule has 2 aliphatic carbocycles. The Morgan fingerprint density at radius 2 is 1.70 bits per heavy atom. The highest BCUT2D eigenvalue weighted by atomic mass is 32.1. The number of nitrogens with zero attached hydrogens (tertiary/aromatic N) is 2. The zero-order valence-electron chi connectivity index (χ0n) is 18.1. The average molecular weight is 482 g/mol. The number of hydrogen-bond donors (Lipinski definition) is 2. The molecule has 0 unspecified atom stereocenters. The fraction of sp³-hybridized carbons (Fsp3) is 0.522. The van der Waals surface area contributed by atoms with Crippen LogP contribution in [0.1, 0.15) is 67.1 Å². The van der Waals surface area contributed by atoms with E-state index in [0.717, 1.165) is 25.0 Å². The summed E-state index contributed by atoms with van der Waals surface area (Å²) in [5, 5.41) is 11.7. The van der Waals surface area contributed by atoms with Crippen molar-refractivity contribution in [1.82, 2.24) is 9.88 Å². The summed E-state index contributed by atoms with van der Waals surface area (Å²) in [6.45, 7) is 0.690. The van der Waals surface area contributed by atoms with Crippen LogP contribution < -0.4 is 5.73 Å². The number of halogens is 3. The van der Waals surface area contributed by atoms with Crippen molar-refractivity contribution >= 4 is 23.2 Å². The number of thiazole rings is 1. The number of nitrogens with two attached hydrogens (primary N) is 1. The number of benzene rings is 1. The third-order valence-corrected chi connectivity index (χ3v) is 7.60. The molecule has 0 saturated heterocycles. The van der Waals surface area contributed by atoms with Crippen molar-refractivity contribution in [2.24, 2.45) is 5.73 Å². The number of primary amides is 1. The van der Waals surface area contributed by atoms with Crippen LogP contribution in [0.25, 0.3) is 0 Å². The molecular formula is C23H26F3N3O3S. The second kappa shape index (κ2) is 8.39. The molecule has 0 spiro atoms. The van der Waals surface area contributed by atoms with Crippen LogP contribution in [0.15, 0.2) is 35.2 Å². The number of aliphatic hydroxyl groups is 1. The van der Waals surface area contributed by atoms with Crippen LogP contribution in [0.4, 0.5) is 13.2 Å². The smallest absolute Gasteiger partial charge is 0.376 e. The molecule has 0 aliphatic heterocycles. The molecule has 1 aromatic heterocycles. The van der Waals surface area contributed by atoms with Crippen molar-refractivity contribution in [2.75, 3.05) is 0 Å². The Hall–Kier alpha value is -2.46. The van der Waals surface area contributed by atoms with Gasteiger partial charge in [0.2, 0.25) is 5.91 Å². The normalized spacial score (nSPS) is 25.3. The van der Waals surface area contributed by atoms with Gasteiger partial charge < -0.3 is 15.7 Å². The highest BCUT2D eigenvalue weighted by molar-refractivity contribution is 7.07. The maximum absolute atomic E-state index is 13.3. The number of carbonyl (C=O) groups excluding carboxylic acids is 2. The van der Waals surface area contributed by atoms with E-state index in [1.807, 2.05) is 10.3 Å². The Kier molecular flexibility index (Phi) is 6.03. The summed E-state index contributed by atoms with van der Waals surface area (Å²) in [6, 6.07) is 4.95. The second-order valence-corrected chi connectivity index (χ2v) is 9.86. The van der Waals surface area contributed by atoms with Crippen LogP contribution in [0.5, 0.6) is 0 Å². The zero-order valence-corrected chi connectivity index (χ0v) is 19.0. The molecule has 2 aliphatic rings. The largest absolute Gasteiger partial charge is 0.421 e. The first-order valence-corrected chi connectivity index (χ1v) is 11.8. The van der Waals surface area contributed by atoms with Gasteiger partial charge in [0.25, 0.3) is 5.91 Å². The molecule has 178 valence electrons. The summed E-state index contributed by atoms with van der Waals surface area (Å²) in [5.74, 6) is -0.663. The highest BCUT2D eigenvalue weighted by Crippen LogP contribution is 2.43. The predicted octanol–water partition coefficient (Wildman–Crippen LogP) is 3.88. The molecule has 1 atom stereocenters. The summed E-state index contributed by atoms with van der Waals surface area (Å²) in [5.41, 5.74) is 4.23. The van der Waals surface area contributed by atoms with Crippen LogP contribution >= 0.6 is 11.3 Å². The van der Waals surface area contributed by atoms with Crippen molar-refractivity contribution in [3.8, 4) is 0 Å². The van der Waals surface area contributed by atoms with E-state index in [4.69, 9.17) is 5.73 Å². The first kappa shape index (κ1) is 23.7. The summed E-state index contributed by atoms with van der Waals surface area (Å²) in [4.78, 5) is 31.8. The molecule has 0 bridgehead atoms. The monoisotopic (exact) mass is 481 g/mol. The van der Waals surface area contributed by atoms with Crippen molar-refractivity contribution in [3.63, 3.8) is 0 Å². The molecular weight excluding hydrogens is 455 g/mol. The number of rotatable bonds is 6. The van der Waals surface area contributed by atoms with Gasteiger partial charge in [-0.2, -0.15) is 13.2 Å². The van der Waals surface area contributed by atoms with E-state index in [2.05, 4.69) is 4.98 Å². The maximum Gasteiger partial charge on any atom is 0.421 e. The van der Waals surface area contributed by atoms with Gasteiger partial charge in [0.05, 0.1) is 16.6 Å². The standard InChI is InChI=1S/C23H26F3N3O3S/c1-21(32,23(24,25)26)15-4-2-14(3-5-15)19(30)29(16-6-7-16)17-8-10-22(11-9-17,20(27)31)18-12-33-13-28-18/h2-5,12-13,16-17,32H,6-11H2,1H3,(H2,27,31)/t17?,21-,22?/m0/s1. The van der Waals surface area contributed by atoms with Gasteiger partial charge in [-0.05, 0) is 63.1 Å². The lowest BCUT2D eigenvalue weighted by molar-refractivity contribution is -0.258. The van der Waals surface area contributed by atoms with Gasteiger partial charge in [0.1, 0.15) is 0 Å². The van der Waals surface area contributed by atoms with E-state index in [1.165, 1.54) is 23.5 Å². The lowest BCUT2D eigenvalue weighted by atomic mass is 9.69. The quantitative estimate of drug-likeness (QED) is 0.654. The molecule has 33 heavy (non-hydrogen) atoms. The van der Waals surface area contributed by atoms with Gasteiger partial charge in [-0.25, -0.2) is 4.98 Å². The number of hydrogen-bond acceptors (Lipinski definition) is 5. The molecule has 2 saturated carbocycles. The van der Waals surface area contributed by atoms with Gasteiger partial charge in [0.15, 0.2) is 5.60 Å². The van der Waals surface area contributed by atoms with Crippen molar-refractivity contribution < 1.29 is 27.9 Å². The fourth-order valence-electron chi connectivity index (χ4n) is 4.68. The van der Waals surface area contributed by atoms with E-state index >= 15 is 0 Å². The van der Waals surface area contributed by atoms with Gasteiger partial charge in [0, 0.05) is 23.0 Å². The summed E-state index contributed by atoms with van der Waals surface area (Å²) in [6.07, 6.45) is -0.939. The van der Waals surface area contributed by atoms with Crippen molar-refractivity contribution in [1.29, 1.82) is 0 Å². The van der Waals surface area contributed by atoms with Gasteiger partial charge >= 0.3 is 6.18 Å². The van der Waals surface area contributed by atoms with Crippen LogP contribution in [-0.2, 0) is 15.8 Å². The number of aromatic nitrogens is 1. The Morgan fingerprint density at radius 3 is 2.15 bits per heavy atom. The summed E-state index contributed by atoms with van der Waals surface area (Å²) < 4.78 is 39.4. The highest BCUT2D eigenvalue weighted by Gasteiger charge is 2.51. The summed E-state index contributed by atoms with van der Waals surface area (Å²) >= 11 is 1.41. The minimum absolute atomic E-state index is 0.0841. The third-order valence-electron chi connectivity index (χ3n) is 7.02. The molecule has 3 N–H and O–H groups in total. The van der Waals surface area contributed by atoms with Crippen LogP contribution in [-0.4, -0.2) is 45.1 Å². The van der Waals surface area contributed by atoms with E-state index in [1.54, 1.807) is 5.51 Å².